The van der Waals surface area contributed by atoms with Crippen molar-refractivity contribution in [3.8, 4) is 16.9 Å². The maximum Gasteiger partial charge on any atom is 0.418 e. The van der Waals surface area contributed by atoms with E-state index in [0.29, 0.717) is 11.3 Å². The monoisotopic (exact) mass is 490 g/mol. The summed E-state index contributed by atoms with van der Waals surface area (Å²) in [6, 6.07) is 10.8. The Kier molecular flexibility index (Phi) is 4.93. The van der Waals surface area contributed by atoms with Crippen molar-refractivity contribution in [2.75, 3.05) is 0 Å². The van der Waals surface area contributed by atoms with Gasteiger partial charge in [0.2, 0.25) is 5.65 Å². The van der Waals surface area contributed by atoms with E-state index in [9.17, 15) is 32.3 Å². The molecule has 0 atom stereocenters. The average Bonchev–Trinajstić information content (AvgIpc) is 3.40. The molecule has 0 saturated carbocycles. The summed E-state index contributed by atoms with van der Waals surface area (Å²) in [6.07, 6.45) is -2.98. The number of halogens is 3. The minimum absolute atomic E-state index is 0.0287. The molecule has 0 radical (unpaired) electrons. The first-order valence-corrected chi connectivity index (χ1v) is 11.5. The van der Waals surface area contributed by atoms with Gasteiger partial charge in [0, 0.05) is 11.8 Å². The maximum absolute atomic E-state index is 14.0. The Bertz CT molecular complexity index is 1650. The second-order valence-electron chi connectivity index (χ2n) is 7.47. The summed E-state index contributed by atoms with van der Waals surface area (Å²) in [5.41, 5.74) is -1.55. The number of benzene rings is 2. The van der Waals surface area contributed by atoms with Gasteiger partial charge in [0.05, 0.1) is 34.3 Å². The number of nitrogens with zero attached hydrogens (tertiary/aromatic N) is 5. The summed E-state index contributed by atoms with van der Waals surface area (Å²) in [5, 5.41) is 7.32. The molecule has 5 rings (SSSR count). The highest BCUT2D eigenvalue weighted by atomic mass is 31.2. The van der Waals surface area contributed by atoms with Crippen LogP contribution in [-0.4, -0.2) is 38.9 Å². The summed E-state index contributed by atoms with van der Waals surface area (Å²) in [5.74, 6) is -0.263. The predicted octanol–water partition coefficient (Wildman–Crippen LogP) is 3.12. The zero-order valence-corrected chi connectivity index (χ0v) is 17.8. The van der Waals surface area contributed by atoms with E-state index in [4.69, 9.17) is 0 Å². The van der Waals surface area contributed by atoms with Gasteiger partial charge in [0.25, 0.3) is 5.56 Å². The quantitative estimate of drug-likeness (QED) is 0.329. The molecule has 3 heterocycles. The second-order valence-corrected chi connectivity index (χ2v) is 9.11. The molecule has 3 aromatic heterocycles. The largest absolute Gasteiger partial charge is 0.418 e. The molecule has 0 aliphatic carbocycles. The number of hydrogen-bond acceptors (Lipinski definition) is 5. The van der Waals surface area contributed by atoms with Crippen LogP contribution in [0.4, 0.5) is 13.2 Å². The van der Waals surface area contributed by atoms with E-state index in [1.165, 1.54) is 17.1 Å². The van der Waals surface area contributed by atoms with E-state index in [-0.39, 0.29) is 28.2 Å². The Labute approximate surface area is 187 Å². The van der Waals surface area contributed by atoms with Gasteiger partial charge in [0.15, 0.2) is 0 Å². The topological polar surface area (TPSA) is 138 Å². The molecule has 0 spiro atoms. The van der Waals surface area contributed by atoms with Crippen LogP contribution in [0.25, 0.3) is 33.6 Å². The van der Waals surface area contributed by atoms with Crippen LogP contribution in [-0.2, 0) is 16.9 Å². The fourth-order valence-corrected chi connectivity index (χ4v) is 4.27. The molecule has 0 amide bonds. The van der Waals surface area contributed by atoms with Crippen molar-refractivity contribution in [2.45, 2.75) is 12.3 Å². The van der Waals surface area contributed by atoms with Crippen molar-refractivity contribution in [1.29, 1.82) is 0 Å². The molecule has 0 bridgehead atoms. The first-order chi connectivity index (χ1) is 16.0. The van der Waals surface area contributed by atoms with Crippen LogP contribution in [0.2, 0.25) is 0 Å². The van der Waals surface area contributed by atoms with Gasteiger partial charge in [-0.05, 0) is 12.1 Å². The fraction of sp³-hybridized carbons (Fsp3) is 0.100. The number of alkyl halides is 3. The van der Waals surface area contributed by atoms with Crippen LogP contribution in [0, 0.1) is 0 Å². The molecule has 174 valence electrons. The molecule has 0 aliphatic rings. The number of aromatic nitrogens is 6. The summed E-state index contributed by atoms with van der Waals surface area (Å²) < 4.78 is 55.7. The van der Waals surface area contributed by atoms with Gasteiger partial charge in [-0.2, -0.15) is 13.2 Å². The lowest BCUT2D eigenvalue weighted by molar-refractivity contribution is -0.137. The Morgan fingerprint density at radius 1 is 1.09 bits per heavy atom. The van der Waals surface area contributed by atoms with Crippen molar-refractivity contribution in [2.24, 2.45) is 0 Å². The number of imidazole rings is 1. The summed E-state index contributed by atoms with van der Waals surface area (Å²) in [7, 11) is -4.62. The Morgan fingerprint density at radius 3 is 2.50 bits per heavy atom. The minimum Gasteiger partial charge on any atom is -0.324 e. The molecule has 34 heavy (non-hydrogen) atoms. The third kappa shape index (κ3) is 3.89. The van der Waals surface area contributed by atoms with Crippen LogP contribution in [0.1, 0.15) is 11.4 Å². The number of fused-ring (bicyclic) bond motifs is 3. The molecule has 0 unspecified atom stereocenters. The minimum atomic E-state index is -4.78. The standard InChI is InChI=1S/C20H14F3N6O4P/c21-20(22,23)12-6-13-16(29-17(9-34(31,32)33)26-27-18(29)19(30)25-13)7-15(12)28-8-14(24-10-28)11-4-2-1-3-5-11/h1-8,10H,9H2,(H,25,30)(H2,31,32,33). The lowest BCUT2D eigenvalue weighted by Crippen LogP contribution is -2.15. The van der Waals surface area contributed by atoms with Crippen molar-refractivity contribution in [3.05, 3.63) is 76.7 Å². The molecule has 3 N–H and O–H groups in total. The van der Waals surface area contributed by atoms with Gasteiger partial charge in [-0.1, -0.05) is 30.3 Å². The number of hydrogen-bond donors (Lipinski definition) is 3. The second kappa shape index (κ2) is 7.62. The van der Waals surface area contributed by atoms with E-state index < -0.39 is 31.1 Å². The van der Waals surface area contributed by atoms with Crippen LogP contribution < -0.4 is 5.56 Å². The average molecular weight is 490 g/mol. The van der Waals surface area contributed by atoms with E-state index in [1.807, 2.05) is 0 Å². The molecule has 2 aromatic carbocycles. The maximum atomic E-state index is 14.0. The lowest BCUT2D eigenvalue weighted by atomic mass is 10.1. The number of nitrogens with one attached hydrogen (secondary N) is 1. The SMILES string of the molecule is O=c1[nH]c2cc(C(F)(F)F)c(-n3cnc(-c4ccccc4)c3)cc2n2c(CP(=O)(O)O)nnc12. The number of rotatable bonds is 4. The predicted molar refractivity (Wildman–Crippen MR) is 114 cm³/mol. The van der Waals surface area contributed by atoms with Gasteiger partial charge < -0.3 is 19.3 Å². The Balaban J connectivity index is 1.80. The molecule has 14 heteroatoms. The van der Waals surface area contributed by atoms with Crippen molar-refractivity contribution in [3.63, 3.8) is 0 Å². The van der Waals surface area contributed by atoms with Gasteiger partial charge in [-0.25, -0.2) is 4.98 Å². The van der Waals surface area contributed by atoms with E-state index in [0.717, 1.165) is 16.5 Å². The molecule has 0 fully saturated rings. The Hall–Kier alpha value is -3.80. The van der Waals surface area contributed by atoms with Gasteiger partial charge in [0.1, 0.15) is 12.0 Å². The zero-order chi connectivity index (χ0) is 24.3. The number of aromatic amines is 1. The molecule has 0 aliphatic heterocycles. The van der Waals surface area contributed by atoms with Crippen molar-refractivity contribution < 1.29 is 27.5 Å². The molecular weight excluding hydrogens is 476 g/mol. The third-order valence-electron chi connectivity index (χ3n) is 5.12. The lowest BCUT2D eigenvalue weighted by Gasteiger charge is -2.15. The molecule has 10 nitrogen and oxygen atoms in total. The van der Waals surface area contributed by atoms with Gasteiger partial charge >= 0.3 is 13.8 Å². The van der Waals surface area contributed by atoms with E-state index >= 15 is 0 Å². The zero-order valence-electron chi connectivity index (χ0n) is 16.9. The van der Waals surface area contributed by atoms with E-state index in [2.05, 4.69) is 20.2 Å². The summed E-state index contributed by atoms with van der Waals surface area (Å²) in [6.45, 7) is 0. The van der Waals surface area contributed by atoms with Crippen LogP contribution >= 0.6 is 7.60 Å². The first-order valence-electron chi connectivity index (χ1n) is 9.67. The highest BCUT2D eigenvalue weighted by Gasteiger charge is 2.35. The Morgan fingerprint density at radius 2 is 1.82 bits per heavy atom. The molecular formula is C20H14F3N6O4P. The highest BCUT2D eigenvalue weighted by molar-refractivity contribution is 7.50. The third-order valence-corrected chi connectivity index (χ3v) is 5.81. The number of H-pyrrole nitrogens is 1. The van der Waals surface area contributed by atoms with Gasteiger partial charge in [-0.3, -0.25) is 13.8 Å². The molecule has 5 aromatic rings. The van der Waals surface area contributed by atoms with Gasteiger partial charge in [-0.15, -0.1) is 10.2 Å². The highest BCUT2D eigenvalue weighted by Crippen LogP contribution is 2.40. The normalized spacial score (nSPS) is 12.6. The molecule has 0 saturated heterocycles. The van der Waals surface area contributed by atoms with E-state index in [1.54, 1.807) is 30.3 Å². The van der Waals surface area contributed by atoms with Crippen LogP contribution in [0.5, 0.6) is 0 Å². The summed E-state index contributed by atoms with van der Waals surface area (Å²) >= 11 is 0. The fourth-order valence-electron chi connectivity index (χ4n) is 3.70. The van der Waals surface area contributed by atoms with Crippen molar-refractivity contribution >= 4 is 24.3 Å². The first kappa shape index (κ1) is 22.0. The van der Waals surface area contributed by atoms with Crippen LogP contribution in [0.15, 0.2) is 59.8 Å². The van der Waals surface area contributed by atoms with Crippen LogP contribution in [0.3, 0.4) is 0 Å². The summed E-state index contributed by atoms with van der Waals surface area (Å²) in [4.78, 5) is 37.6. The van der Waals surface area contributed by atoms with Crippen molar-refractivity contribution in [1.82, 2.24) is 29.1 Å². The smallest absolute Gasteiger partial charge is 0.324 e.